The van der Waals surface area contributed by atoms with Gasteiger partial charge in [-0.1, -0.05) is 30.3 Å². The monoisotopic (exact) mass is 342 g/mol. The Balaban J connectivity index is 1.76. The number of piperazine rings is 1. The minimum Gasteiger partial charge on any atom is -0.384 e. The molecule has 1 fully saturated rings. The van der Waals surface area contributed by atoms with E-state index < -0.39 is 6.10 Å². The summed E-state index contributed by atoms with van der Waals surface area (Å²) in [6.07, 6.45) is 0.725. The molecule has 0 saturated carbocycles. The van der Waals surface area contributed by atoms with Gasteiger partial charge < -0.3 is 14.9 Å². The molecule has 0 radical (unpaired) electrons. The number of amides is 2. The molecular weight excluding hydrogens is 320 g/mol. The van der Waals surface area contributed by atoms with Crippen molar-refractivity contribution in [1.29, 1.82) is 0 Å². The van der Waals surface area contributed by atoms with E-state index in [1.54, 1.807) is 27.7 Å². The second kappa shape index (κ2) is 7.06. The van der Waals surface area contributed by atoms with Crippen LogP contribution in [-0.2, 0) is 11.8 Å². The van der Waals surface area contributed by atoms with E-state index >= 15 is 0 Å². The van der Waals surface area contributed by atoms with Crippen molar-refractivity contribution in [2.45, 2.75) is 13.0 Å². The first-order valence-corrected chi connectivity index (χ1v) is 8.32. The van der Waals surface area contributed by atoms with Crippen molar-refractivity contribution in [2.75, 3.05) is 26.2 Å². The summed E-state index contributed by atoms with van der Waals surface area (Å²) >= 11 is 0. The molecular formula is C18H22N4O3. The molecule has 25 heavy (non-hydrogen) atoms. The number of carbonyl (C=O) groups excluding carboxylic acids is 2. The smallest absolute Gasteiger partial charge is 0.257 e. The summed E-state index contributed by atoms with van der Waals surface area (Å²) in [6.45, 7) is 3.20. The highest BCUT2D eigenvalue weighted by molar-refractivity contribution is 6.00. The first-order chi connectivity index (χ1) is 12.0. The van der Waals surface area contributed by atoms with E-state index in [4.69, 9.17) is 0 Å². The molecule has 1 aromatic heterocycles. The molecule has 7 nitrogen and oxygen atoms in total. The second-order valence-electron chi connectivity index (χ2n) is 6.22. The van der Waals surface area contributed by atoms with E-state index in [1.807, 2.05) is 30.3 Å². The highest BCUT2D eigenvalue weighted by Crippen LogP contribution is 2.23. The van der Waals surface area contributed by atoms with Gasteiger partial charge in [0.05, 0.1) is 5.56 Å². The molecule has 1 N–H and O–H groups in total. The SMILES string of the molecule is CC(O)C(=O)N1CCN(C(=O)c2cn(C)nc2-c2ccccc2)CC1. The maximum absolute atomic E-state index is 12.9. The maximum atomic E-state index is 12.9. The van der Waals surface area contributed by atoms with Crippen molar-refractivity contribution in [1.82, 2.24) is 19.6 Å². The van der Waals surface area contributed by atoms with E-state index in [0.29, 0.717) is 37.4 Å². The second-order valence-corrected chi connectivity index (χ2v) is 6.22. The molecule has 2 amide bonds. The quantitative estimate of drug-likeness (QED) is 0.893. The standard InChI is InChI=1S/C18H22N4O3/c1-13(23)17(24)21-8-10-22(11-9-21)18(25)15-12-20(2)19-16(15)14-6-4-3-5-7-14/h3-7,12-13,23H,8-11H2,1-2H3. The third-order valence-electron chi connectivity index (χ3n) is 4.34. The summed E-state index contributed by atoms with van der Waals surface area (Å²) in [5, 5.41) is 13.8. The van der Waals surface area contributed by atoms with Crippen LogP contribution in [0.4, 0.5) is 0 Å². The Morgan fingerprint density at radius 1 is 1.08 bits per heavy atom. The molecule has 2 heterocycles. The van der Waals surface area contributed by atoms with E-state index in [2.05, 4.69) is 5.10 Å². The fourth-order valence-corrected chi connectivity index (χ4v) is 3.02. The van der Waals surface area contributed by atoms with Crippen LogP contribution in [-0.4, -0.2) is 68.8 Å². The summed E-state index contributed by atoms with van der Waals surface area (Å²) in [6, 6.07) is 9.61. The molecule has 0 aliphatic carbocycles. The molecule has 2 aromatic rings. The van der Waals surface area contributed by atoms with E-state index in [-0.39, 0.29) is 11.8 Å². The molecule has 1 saturated heterocycles. The fourth-order valence-electron chi connectivity index (χ4n) is 3.02. The van der Waals surface area contributed by atoms with Gasteiger partial charge in [-0.15, -0.1) is 0 Å². The lowest BCUT2D eigenvalue weighted by molar-refractivity contribution is -0.140. The number of aliphatic hydroxyl groups excluding tert-OH is 1. The summed E-state index contributed by atoms with van der Waals surface area (Å²) in [7, 11) is 1.79. The topological polar surface area (TPSA) is 78.7 Å². The first kappa shape index (κ1) is 17.2. The lowest BCUT2D eigenvalue weighted by Crippen LogP contribution is -2.52. The van der Waals surface area contributed by atoms with Crippen molar-refractivity contribution in [3.8, 4) is 11.3 Å². The number of rotatable bonds is 3. The highest BCUT2D eigenvalue weighted by atomic mass is 16.3. The zero-order chi connectivity index (χ0) is 18.0. The van der Waals surface area contributed by atoms with Crippen molar-refractivity contribution in [2.24, 2.45) is 7.05 Å². The zero-order valence-corrected chi connectivity index (χ0v) is 14.4. The number of hydrogen-bond donors (Lipinski definition) is 1. The molecule has 132 valence electrons. The van der Waals surface area contributed by atoms with Gasteiger partial charge in [0.1, 0.15) is 11.8 Å². The van der Waals surface area contributed by atoms with Crippen molar-refractivity contribution in [3.63, 3.8) is 0 Å². The van der Waals surface area contributed by atoms with Gasteiger partial charge in [-0.05, 0) is 6.92 Å². The summed E-state index contributed by atoms with van der Waals surface area (Å²) < 4.78 is 1.64. The van der Waals surface area contributed by atoms with Crippen LogP contribution in [0.2, 0.25) is 0 Å². The van der Waals surface area contributed by atoms with Gasteiger partial charge in [-0.3, -0.25) is 14.3 Å². The van der Waals surface area contributed by atoms with Crippen LogP contribution in [0.5, 0.6) is 0 Å². The molecule has 0 spiro atoms. The van der Waals surface area contributed by atoms with E-state index in [9.17, 15) is 14.7 Å². The van der Waals surface area contributed by atoms with Gasteiger partial charge in [-0.2, -0.15) is 5.10 Å². The normalized spacial score (nSPS) is 16.0. The van der Waals surface area contributed by atoms with Crippen LogP contribution in [0.3, 0.4) is 0 Å². The molecule has 3 rings (SSSR count). The number of carbonyl (C=O) groups is 2. The molecule has 1 atom stereocenters. The van der Waals surface area contributed by atoms with Crippen LogP contribution in [0.25, 0.3) is 11.3 Å². The van der Waals surface area contributed by atoms with E-state index in [1.165, 1.54) is 6.92 Å². The van der Waals surface area contributed by atoms with Crippen LogP contribution in [0.15, 0.2) is 36.5 Å². The zero-order valence-electron chi connectivity index (χ0n) is 14.4. The Bertz CT molecular complexity index is 762. The average Bonchev–Trinajstić information content (AvgIpc) is 3.03. The predicted octanol–water partition coefficient (Wildman–Crippen LogP) is 0.752. The maximum Gasteiger partial charge on any atom is 0.257 e. The number of aromatic nitrogens is 2. The van der Waals surface area contributed by atoms with Gasteiger partial charge in [0.15, 0.2) is 0 Å². The molecule has 1 aliphatic heterocycles. The van der Waals surface area contributed by atoms with Gasteiger partial charge >= 0.3 is 0 Å². The number of hydrogen-bond acceptors (Lipinski definition) is 4. The third kappa shape index (κ3) is 3.56. The van der Waals surface area contributed by atoms with Crippen LogP contribution in [0.1, 0.15) is 17.3 Å². The van der Waals surface area contributed by atoms with Crippen molar-refractivity contribution >= 4 is 11.8 Å². The molecule has 1 aliphatic rings. The molecule has 1 unspecified atom stereocenters. The molecule has 7 heteroatoms. The summed E-state index contributed by atoms with van der Waals surface area (Å²) in [5.74, 6) is -0.380. The number of nitrogens with zero attached hydrogens (tertiary/aromatic N) is 4. The lowest BCUT2D eigenvalue weighted by Gasteiger charge is -2.35. The highest BCUT2D eigenvalue weighted by Gasteiger charge is 2.28. The Labute approximate surface area is 146 Å². The third-order valence-corrected chi connectivity index (χ3v) is 4.34. The van der Waals surface area contributed by atoms with Gasteiger partial charge in [0.25, 0.3) is 11.8 Å². The number of aliphatic hydroxyl groups is 1. The molecule has 0 bridgehead atoms. The number of benzene rings is 1. The minimum atomic E-state index is -1.01. The van der Waals surface area contributed by atoms with Crippen LogP contribution >= 0.6 is 0 Å². The van der Waals surface area contributed by atoms with E-state index in [0.717, 1.165) is 5.56 Å². The van der Waals surface area contributed by atoms with Crippen molar-refractivity contribution < 1.29 is 14.7 Å². The summed E-state index contributed by atoms with van der Waals surface area (Å²) in [5.41, 5.74) is 2.12. The lowest BCUT2D eigenvalue weighted by atomic mass is 10.1. The largest absolute Gasteiger partial charge is 0.384 e. The Hall–Kier alpha value is -2.67. The van der Waals surface area contributed by atoms with Crippen molar-refractivity contribution in [3.05, 3.63) is 42.1 Å². The van der Waals surface area contributed by atoms with Gasteiger partial charge in [-0.25, -0.2) is 0 Å². The fraction of sp³-hybridized carbons (Fsp3) is 0.389. The minimum absolute atomic E-state index is 0.0869. The van der Waals surface area contributed by atoms with Gasteiger partial charge in [0, 0.05) is 45.0 Å². The van der Waals surface area contributed by atoms with Gasteiger partial charge in [0.2, 0.25) is 0 Å². The van der Waals surface area contributed by atoms with Crippen LogP contribution in [0, 0.1) is 0 Å². The van der Waals surface area contributed by atoms with Crippen LogP contribution < -0.4 is 0 Å². The average molecular weight is 342 g/mol. The predicted molar refractivity (Wildman–Crippen MR) is 92.8 cm³/mol. The Morgan fingerprint density at radius 3 is 2.28 bits per heavy atom. The Kier molecular flexibility index (Phi) is 4.85. The Morgan fingerprint density at radius 2 is 1.68 bits per heavy atom. The molecule has 1 aromatic carbocycles. The summed E-state index contributed by atoms with van der Waals surface area (Å²) in [4.78, 5) is 28.1. The number of aryl methyl sites for hydroxylation is 1. The first-order valence-electron chi connectivity index (χ1n) is 8.32.